The smallest absolute Gasteiger partial charge is 0.260 e. The molecule has 1 saturated heterocycles. The zero-order chi connectivity index (χ0) is 59.9. The predicted molar refractivity (Wildman–Crippen MR) is 328 cm³/mol. The Morgan fingerprint density at radius 1 is 0.718 bits per heavy atom. The normalized spacial score (nSPS) is 19.6. The quantitative estimate of drug-likeness (QED) is 0.0441. The van der Waals surface area contributed by atoms with Gasteiger partial charge in [-0.3, -0.25) is 43.7 Å². The number of imide groups is 1. The molecule has 2 unspecified atom stereocenters. The molecule has 0 radical (unpaired) electrons. The van der Waals surface area contributed by atoms with Crippen LogP contribution in [0.3, 0.4) is 0 Å². The molecule has 444 valence electrons. The Labute approximate surface area is 496 Å². The molecular weight excluding hydrogens is 1080 g/mol. The van der Waals surface area contributed by atoms with Gasteiger partial charge >= 0.3 is 0 Å². The lowest BCUT2D eigenvalue weighted by molar-refractivity contribution is -0.137. The minimum Gasteiger partial charge on any atom is -0.493 e. The number of carbonyl (C=O) groups excluding carboxylic acids is 6. The fourth-order valence-corrected chi connectivity index (χ4v) is 11.7. The molecule has 5 aliphatic heterocycles. The second-order valence-corrected chi connectivity index (χ2v) is 23.0. The summed E-state index contributed by atoms with van der Waals surface area (Å²) in [6.07, 6.45) is 14.0. The van der Waals surface area contributed by atoms with Crippen LogP contribution in [0.4, 0.5) is 22.7 Å². The van der Waals surface area contributed by atoms with Crippen molar-refractivity contribution in [1.29, 1.82) is 5.41 Å². The summed E-state index contributed by atoms with van der Waals surface area (Å²) in [4.78, 5) is 94.6. The van der Waals surface area contributed by atoms with Crippen LogP contribution in [0.1, 0.15) is 99.2 Å². The van der Waals surface area contributed by atoms with E-state index < -0.39 is 12.0 Å². The van der Waals surface area contributed by atoms with Crippen molar-refractivity contribution < 1.29 is 47.7 Å². The highest BCUT2D eigenvalue weighted by atomic mass is 16.5. The predicted octanol–water partition coefficient (Wildman–Crippen LogP) is 9.24. The third kappa shape index (κ3) is 13.6. The zero-order valence-corrected chi connectivity index (χ0v) is 49.2. The van der Waals surface area contributed by atoms with Crippen molar-refractivity contribution in [2.24, 2.45) is 33.7 Å². The maximum atomic E-state index is 14.2. The molecule has 3 N–H and O–H groups in total. The first-order chi connectivity index (χ1) is 41.0. The summed E-state index contributed by atoms with van der Waals surface area (Å²) >= 11 is 0. The first-order valence-electron chi connectivity index (χ1n) is 29.5. The van der Waals surface area contributed by atoms with Crippen molar-refractivity contribution in [3.63, 3.8) is 0 Å². The molecule has 1 fully saturated rings. The van der Waals surface area contributed by atoms with E-state index in [4.69, 9.17) is 28.9 Å². The molecule has 0 bridgehead atoms. The van der Waals surface area contributed by atoms with Gasteiger partial charge in [0.1, 0.15) is 0 Å². The van der Waals surface area contributed by atoms with E-state index in [1.807, 2.05) is 50.5 Å². The Bertz CT molecular complexity index is 3380. The van der Waals surface area contributed by atoms with Crippen LogP contribution >= 0.6 is 0 Å². The van der Waals surface area contributed by atoms with Gasteiger partial charge < -0.3 is 49.7 Å². The van der Waals surface area contributed by atoms with Crippen molar-refractivity contribution in [2.45, 2.75) is 84.2 Å². The van der Waals surface area contributed by atoms with E-state index in [1.54, 1.807) is 49.4 Å². The molecule has 19 heteroatoms. The Morgan fingerprint density at radius 2 is 1.34 bits per heavy atom. The standard InChI is InChI=1S/C66H75N9O10/c1-40(2)64(71-60(77)11-8-7-9-22-74-61(78)20-21-62(74)79)55(76)29-41(3)65(80)70-47-16-12-43(13-17-47)46-31-49-38-69-54-36-59(57(83-6)34-52(54)66(81)75(49)39-46)85-28-10-27-84-58-35-53-51(33-56(58)82-5)63(67)50-32-44(30-45(50)37-68-53)42-14-18-48(19-15-42)73-25-23-72(4)24-26-73/h12-21,32-41,45,49-50,64,67H,7-11,22-31H2,1-6H3,(H,70,80)(H,71,77)/t41-,45+,49+,50?,64?/m1/s1. The first-order valence-corrected chi connectivity index (χ1v) is 29.5. The summed E-state index contributed by atoms with van der Waals surface area (Å²) < 4.78 is 24.0. The number of ether oxygens (including phenoxy) is 4. The summed E-state index contributed by atoms with van der Waals surface area (Å²) in [7, 11) is 5.29. The van der Waals surface area contributed by atoms with Gasteiger partial charge in [-0.05, 0) is 90.9 Å². The first kappa shape index (κ1) is 59.4. The summed E-state index contributed by atoms with van der Waals surface area (Å²) in [5.74, 6) is -0.768. The van der Waals surface area contributed by atoms with Gasteiger partial charge in [0.05, 0.1) is 56.5 Å². The van der Waals surface area contributed by atoms with E-state index in [0.717, 1.165) is 49.3 Å². The van der Waals surface area contributed by atoms with Crippen LogP contribution in [0.2, 0.25) is 0 Å². The Morgan fingerprint density at radius 3 is 2.00 bits per heavy atom. The number of ketones is 1. The van der Waals surface area contributed by atoms with Gasteiger partial charge in [-0.15, -0.1) is 0 Å². The van der Waals surface area contributed by atoms with E-state index in [9.17, 15) is 34.2 Å². The molecule has 19 nitrogen and oxygen atoms in total. The molecule has 0 saturated carbocycles. The van der Waals surface area contributed by atoms with Gasteiger partial charge in [0.25, 0.3) is 17.7 Å². The van der Waals surface area contributed by atoms with E-state index >= 15 is 0 Å². The molecule has 4 aromatic carbocycles. The second-order valence-electron chi connectivity index (χ2n) is 23.0. The van der Waals surface area contributed by atoms with Crippen LogP contribution in [0, 0.1) is 29.1 Å². The van der Waals surface area contributed by atoms with Crippen molar-refractivity contribution in [3.05, 3.63) is 119 Å². The minimum absolute atomic E-state index is 0.0636. The number of unbranched alkanes of at least 4 members (excludes halogenated alkanes) is 2. The minimum atomic E-state index is -0.756. The number of Topliss-reactive ketones (excluding diaryl/α,β-unsaturated/α-hetero) is 1. The number of amides is 5. The lowest BCUT2D eigenvalue weighted by atomic mass is 9.89. The van der Waals surface area contributed by atoms with Gasteiger partial charge in [0, 0.05) is 142 Å². The molecule has 5 amide bonds. The van der Waals surface area contributed by atoms with Gasteiger partial charge in [-0.2, -0.15) is 0 Å². The van der Waals surface area contributed by atoms with E-state index in [2.05, 4.69) is 57.8 Å². The SMILES string of the molecule is COc1cc2c(cc1OCCCOc1cc3c(cc1OC)C(=O)N1C=C(c4ccc(NC(=O)[C@H](C)CC(=O)C(NC(=O)CCCCCN5C(=O)C=CC5=O)C(C)C)cc4)C[C@H]1C=N3)N=C[C@@H]1CC(c3ccc(N4CCN(C)CC4)cc3)=CC1C2=N. The molecular formula is C66H75N9O10. The summed E-state index contributed by atoms with van der Waals surface area (Å²) in [5, 5.41) is 15.1. The number of likely N-dealkylation sites (N-methyl/N-ethyl adjacent to an activating group) is 1. The highest BCUT2D eigenvalue weighted by molar-refractivity contribution is 6.13. The monoisotopic (exact) mass is 1150 g/mol. The zero-order valence-electron chi connectivity index (χ0n) is 49.2. The number of hydrogen-bond donors (Lipinski definition) is 3. The van der Waals surface area contributed by atoms with Crippen LogP contribution in [-0.2, 0) is 24.0 Å². The largest absolute Gasteiger partial charge is 0.493 e. The Hall–Kier alpha value is -8.71. The van der Waals surface area contributed by atoms with Crippen molar-refractivity contribution in [3.8, 4) is 23.0 Å². The van der Waals surface area contributed by atoms with Gasteiger partial charge in [0.15, 0.2) is 28.8 Å². The number of methoxy groups -OCH3 is 2. The van der Waals surface area contributed by atoms with E-state index in [1.165, 1.54) is 41.0 Å². The van der Waals surface area contributed by atoms with Crippen molar-refractivity contribution in [1.82, 2.24) is 20.0 Å². The van der Waals surface area contributed by atoms with E-state index in [0.29, 0.717) is 96.6 Å². The maximum Gasteiger partial charge on any atom is 0.260 e. The molecule has 85 heavy (non-hydrogen) atoms. The number of anilines is 2. The van der Waals surface area contributed by atoms with Crippen LogP contribution in [0.25, 0.3) is 11.1 Å². The van der Waals surface area contributed by atoms with E-state index in [-0.39, 0.29) is 78.6 Å². The third-order valence-corrected chi connectivity index (χ3v) is 16.7. The number of hydrogen-bond acceptors (Lipinski definition) is 15. The fourth-order valence-electron chi connectivity index (χ4n) is 11.7. The molecule has 1 aliphatic carbocycles. The van der Waals surface area contributed by atoms with Crippen LogP contribution in [-0.4, -0.2) is 147 Å². The number of allylic oxidation sites excluding steroid dienone is 2. The number of fused-ring (bicyclic) bond motifs is 4. The van der Waals surface area contributed by atoms with Gasteiger partial charge in [-0.25, -0.2) is 0 Å². The van der Waals surface area contributed by atoms with Crippen LogP contribution < -0.4 is 34.5 Å². The highest BCUT2D eigenvalue weighted by Gasteiger charge is 2.36. The molecule has 5 atom stereocenters. The number of benzene rings is 4. The molecule has 4 aromatic rings. The summed E-state index contributed by atoms with van der Waals surface area (Å²) in [5.41, 5.74) is 8.72. The van der Waals surface area contributed by atoms with Crippen molar-refractivity contribution >= 4 is 87.4 Å². The average molecular weight is 1150 g/mol. The Balaban J connectivity index is 0.682. The van der Waals surface area contributed by atoms with Crippen LogP contribution in [0.15, 0.2) is 107 Å². The second kappa shape index (κ2) is 26.5. The number of carbonyl (C=O) groups is 6. The van der Waals surface area contributed by atoms with Crippen molar-refractivity contribution in [2.75, 3.05) is 77.4 Å². The molecule has 5 heterocycles. The number of aliphatic imine (C=N–C) groups is 2. The third-order valence-electron chi connectivity index (χ3n) is 16.7. The molecule has 0 aromatic heterocycles. The lowest BCUT2D eigenvalue weighted by Crippen LogP contribution is -2.45. The van der Waals surface area contributed by atoms with Gasteiger partial charge in [-0.1, -0.05) is 57.5 Å². The van der Waals surface area contributed by atoms with Gasteiger partial charge in [0.2, 0.25) is 11.8 Å². The number of rotatable bonds is 24. The molecule has 10 rings (SSSR count). The Kier molecular flexibility index (Phi) is 18.5. The molecule has 0 spiro atoms. The fraction of sp³-hybridized carbons (Fsp3) is 0.409. The maximum absolute atomic E-state index is 14.2. The topological polar surface area (TPSA) is 225 Å². The lowest BCUT2D eigenvalue weighted by Gasteiger charge is -2.34. The highest BCUT2D eigenvalue weighted by Crippen LogP contribution is 2.45. The van der Waals surface area contributed by atoms with Crippen LogP contribution in [0.5, 0.6) is 23.0 Å². The summed E-state index contributed by atoms with van der Waals surface area (Å²) in [6, 6.07) is 22.2. The summed E-state index contributed by atoms with van der Waals surface area (Å²) in [6.45, 7) is 10.4. The number of piperazine rings is 1. The number of nitrogens with one attached hydrogen (secondary N) is 3. The number of nitrogens with zero attached hydrogens (tertiary/aromatic N) is 6. The molecule has 6 aliphatic rings. The average Bonchev–Trinajstić information content (AvgIpc) is 2.52.